The molecule has 2 heterocycles. The highest BCUT2D eigenvalue weighted by Gasteiger charge is 2.57. The van der Waals surface area contributed by atoms with Gasteiger partial charge in [-0.2, -0.15) is 0 Å². The lowest BCUT2D eigenvalue weighted by Crippen LogP contribution is -2.33. The Morgan fingerprint density at radius 3 is 2.41 bits per heavy atom. The molecule has 0 bridgehead atoms. The summed E-state index contributed by atoms with van der Waals surface area (Å²) in [5, 5.41) is 15.3. The summed E-state index contributed by atoms with van der Waals surface area (Å²) < 4.78 is 15.8. The number of carbonyl (C=O) groups excluding carboxylic acids is 2. The molecular formula is C21H19N3O8. The molecule has 2 aliphatic rings. The van der Waals surface area contributed by atoms with Crippen LogP contribution in [0.15, 0.2) is 35.5 Å². The standard InChI is InChI=1S/C21H19N3O8/c1-10-8-13(24(27)28)15(30-3)9-12(10)23-20(25)16-17(22-32-19(16)21(23)26)11-6-5-7-14(29-2)18(11)31-4/h5-9,16,19H,1-4H3/t16-,19+/m1/s1. The summed E-state index contributed by atoms with van der Waals surface area (Å²) in [5.74, 6) is -1.49. The van der Waals surface area contributed by atoms with Gasteiger partial charge in [0, 0.05) is 17.7 Å². The summed E-state index contributed by atoms with van der Waals surface area (Å²) in [7, 11) is 4.20. The number of oxime groups is 1. The second kappa shape index (κ2) is 7.84. The van der Waals surface area contributed by atoms with E-state index in [1.807, 2.05) is 0 Å². The van der Waals surface area contributed by atoms with Crippen LogP contribution in [0, 0.1) is 23.0 Å². The lowest BCUT2D eigenvalue weighted by molar-refractivity contribution is -0.385. The fourth-order valence-corrected chi connectivity index (χ4v) is 3.94. The molecule has 0 saturated carbocycles. The minimum atomic E-state index is -1.16. The van der Waals surface area contributed by atoms with Crippen molar-refractivity contribution in [3.63, 3.8) is 0 Å². The molecule has 32 heavy (non-hydrogen) atoms. The summed E-state index contributed by atoms with van der Waals surface area (Å²) in [6, 6.07) is 7.64. The molecular weight excluding hydrogens is 422 g/mol. The number of anilines is 1. The van der Waals surface area contributed by atoms with E-state index in [1.54, 1.807) is 25.1 Å². The third-order valence-corrected chi connectivity index (χ3v) is 5.43. The average molecular weight is 441 g/mol. The summed E-state index contributed by atoms with van der Waals surface area (Å²) >= 11 is 0. The Morgan fingerprint density at radius 1 is 1.06 bits per heavy atom. The number of imide groups is 1. The lowest BCUT2D eigenvalue weighted by atomic mass is 9.93. The molecule has 1 fully saturated rings. The maximum absolute atomic E-state index is 13.4. The number of methoxy groups -OCH3 is 3. The molecule has 1 saturated heterocycles. The first-order valence-electron chi connectivity index (χ1n) is 9.49. The van der Waals surface area contributed by atoms with Crippen molar-refractivity contribution in [1.29, 1.82) is 0 Å². The van der Waals surface area contributed by atoms with Crippen LogP contribution in [-0.4, -0.2) is 49.9 Å². The average Bonchev–Trinajstić information content (AvgIpc) is 3.33. The highest BCUT2D eigenvalue weighted by molar-refractivity contribution is 6.33. The largest absolute Gasteiger partial charge is 0.493 e. The minimum Gasteiger partial charge on any atom is -0.493 e. The van der Waals surface area contributed by atoms with Gasteiger partial charge in [0.25, 0.3) is 5.91 Å². The van der Waals surface area contributed by atoms with Gasteiger partial charge in [0.05, 0.1) is 31.9 Å². The van der Waals surface area contributed by atoms with Gasteiger partial charge >= 0.3 is 5.69 Å². The van der Waals surface area contributed by atoms with Crippen molar-refractivity contribution in [2.24, 2.45) is 11.1 Å². The number of rotatable bonds is 6. The Bertz CT molecular complexity index is 1180. The molecule has 2 atom stereocenters. The quantitative estimate of drug-likeness (QED) is 0.379. The van der Waals surface area contributed by atoms with Crippen LogP contribution in [0.4, 0.5) is 11.4 Å². The molecule has 11 heteroatoms. The minimum absolute atomic E-state index is 0.0717. The smallest absolute Gasteiger partial charge is 0.311 e. The van der Waals surface area contributed by atoms with Crippen molar-refractivity contribution >= 4 is 28.9 Å². The lowest BCUT2D eigenvalue weighted by Gasteiger charge is -2.19. The van der Waals surface area contributed by atoms with Crippen molar-refractivity contribution < 1.29 is 33.6 Å². The zero-order valence-corrected chi connectivity index (χ0v) is 17.6. The molecule has 0 spiro atoms. The van der Waals surface area contributed by atoms with Crippen LogP contribution in [0.2, 0.25) is 0 Å². The zero-order chi connectivity index (χ0) is 23.2. The van der Waals surface area contributed by atoms with E-state index in [0.717, 1.165) is 4.90 Å². The maximum Gasteiger partial charge on any atom is 0.311 e. The van der Waals surface area contributed by atoms with Crippen LogP contribution in [0.1, 0.15) is 11.1 Å². The summed E-state index contributed by atoms with van der Waals surface area (Å²) in [6.07, 6.45) is -1.16. The van der Waals surface area contributed by atoms with Crippen LogP contribution in [0.25, 0.3) is 0 Å². The van der Waals surface area contributed by atoms with Gasteiger partial charge in [-0.1, -0.05) is 11.2 Å². The van der Waals surface area contributed by atoms with Crippen molar-refractivity contribution in [1.82, 2.24) is 0 Å². The molecule has 11 nitrogen and oxygen atoms in total. The highest BCUT2D eigenvalue weighted by Crippen LogP contribution is 2.42. The first kappa shape index (κ1) is 21.1. The Balaban J connectivity index is 1.77. The first-order valence-corrected chi connectivity index (χ1v) is 9.49. The molecule has 0 N–H and O–H groups in total. The van der Waals surface area contributed by atoms with E-state index in [2.05, 4.69) is 5.16 Å². The molecule has 2 aliphatic heterocycles. The van der Waals surface area contributed by atoms with Crippen LogP contribution >= 0.6 is 0 Å². The normalized spacial score (nSPS) is 19.4. The van der Waals surface area contributed by atoms with Gasteiger partial charge in [-0.25, -0.2) is 4.90 Å². The van der Waals surface area contributed by atoms with E-state index in [-0.39, 0.29) is 22.8 Å². The Kier molecular flexibility index (Phi) is 5.17. The predicted octanol–water partition coefficient (Wildman–Crippen LogP) is 2.22. The van der Waals surface area contributed by atoms with Crippen LogP contribution in [-0.2, 0) is 14.4 Å². The number of ether oxygens (including phenoxy) is 3. The number of benzene rings is 2. The Hall–Kier alpha value is -4.15. The predicted molar refractivity (Wildman–Crippen MR) is 111 cm³/mol. The molecule has 2 amide bonds. The number of nitro groups is 1. The molecule has 4 rings (SSSR count). The first-order chi connectivity index (χ1) is 15.3. The van der Waals surface area contributed by atoms with Crippen molar-refractivity contribution in [3.8, 4) is 17.2 Å². The number of carbonyl (C=O) groups is 2. The van der Waals surface area contributed by atoms with Gasteiger partial charge in [0.15, 0.2) is 17.2 Å². The Morgan fingerprint density at radius 2 is 1.78 bits per heavy atom. The summed E-state index contributed by atoms with van der Waals surface area (Å²) in [4.78, 5) is 43.5. The van der Waals surface area contributed by atoms with Crippen molar-refractivity contribution in [2.45, 2.75) is 13.0 Å². The van der Waals surface area contributed by atoms with Gasteiger partial charge in [-0.15, -0.1) is 0 Å². The van der Waals surface area contributed by atoms with E-state index >= 15 is 0 Å². The van der Waals surface area contributed by atoms with Gasteiger partial charge in [0.1, 0.15) is 11.6 Å². The third kappa shape index (κ3) is 3.01. The number of nitro benzene ring substituents is 1. The molecule has 166 valence electrons. The second-order valence-corrected chi connectivity index (χ2v) is 7.10. The molecule has 0 aliphatic carbocycles. The van der Waals surface area contributed by atoms with Gasteiger partial charge in [-0.05, 0) is 24.6 Å². The molecule has 2 aromatic carbocycles. The van der Waals surface area contributed by atoms with E-state index in [1.165, 1.54) is 33.5 Å². The number of hydrogen-bond acceptors (Lipinski definition) is 9. The molecule has 0 unspecified atom stereocenters. The highest BCUT2D eigenvalue weighted by atomic mass is 16.7. The number of hydrogen-bond donors (Lipinski definition) is 0. The third-order valence-electron chi connectivity index (χ3n) is 5.43. The van der Waals surface area contributed by atoms with Crippen LogP contribution < -0.4 is 19.1 Å². The van der Waals surface area contributed by atoms with Crippen LogP contribution in [0.3, 0.4) is 0 Å². The molecule has 0 radical (unpaired) electrons. The number of fused-ring (bicyclic) bond motifs is 1. The molecule has 2 aromatic rings. The van der Waals surface area contributed by atoms with E-state index in [4.69, 9.17) is 19.0 Å². The maximum atomic E-state index is 13.4. The SMILES string of the molecule is COc1cc(N2C(=O)[C@@H]3C(c4cccc(OC)c4OC)=NO[C@@H]3C2=O)c(C)cc1[N+](=O)[O-]. The van der Waals surface area contributed by atoms with Crippen molar-refractivity contribution in [2.75, 3.05) is 26.2 Å². The van der Waals surface area contributed by atoms with Crippen molar-refractivity contribution in [3.05, 3.63) is 51.6 Å². The van der Waals surface area contributed by atoms with E-state index in [0.29, 0.717) is 22.6 Å². The topological polar surface area (TPSA) is 130 Å². The van der Waals surface area contributed by atoms with Gasteiger partial charge < -0.3 is 19.0 Å². The summed E-state index contributed by atoms with van der Waals surface area (Å²) in [6.45, 7) is 1.57. The van der Waals surface area contributed by atoms with E-state index in [9.17, 15) is 19.7 Å². The fraction of sp³-hybridized carbons (Fsp3) is 0.286. The fourth-order valence-electron chi connectivity index (χ4n) is 3.94. The van der Waals surface area contributed by atoms with Crippen LogP contribution in [0.5, 0.6) is 17.2 Å². The number of amides is 2. The second-order valence-electron chi connectivity index (χ2n) is 7.10. The molecule has 0 aromatic heterocycles. The number of nitrogens with zero attached hydrogens (tertiary/aromatic N) is 3. The monoisotopic (exact) mass is 441 g/mol. The summed E-state index contributed by atoms with van der Waals surface area (Å²) in [5.41, 5.74) is 0.958. The zero-order valence-electron chi connectivity index (χ0n) is 17.6. The Labute approximate surface area is 182 Å². The van der Waals surface area contributed by atoms with Gasteiger partial charge in [0.2, 0.25) is 12.0 Å². The van der Waals surface area contributed by atoms with E-state index < -0.39 is 28.8 Å². The van der Waals surface area contributed by atoms with Gasteiger partial charge in [-0.3, -0.25) is 19.7 Å². The number of para-hydroxylation sites is 1. The number of aryl methyl sites for hydroxylation is 1.